The van der Waals surface area contributed by atoms with Crippen LogP contribution >= 0.6 is 0 Å². The van der Waals surface area contributed by atoms with Gasteiger partial charge in [-0.15, -0.1) is 0 Å². The number of carbonyl (C=O) groups is 1. The fourth-order valence-corrected chi connectivity index (χ4v) is 1.74. The van der Waals surface area contributed by atoms with Crippen molar-refractivity contribution in [3.05, 3.63) is 30.3 Å². The minimum Gasteiger partial charge on any atom is -1.00 e. The van der Waals surface area contributed by atoms with Crippen molar-refractivity contribution in [1.82, 2.24) is 0 Å². The topological polar surface area (TPSA) is 29.1 Å². The van der Waals surface area contributed by atoms with Gasteiger partial charge in [0, 0.05) is 11.6 Å². The Labute approximate surface area is 148 Å². The van der Waals surface area contributed by atoms with E-state index in [1.807, 2.05) is 30.3 Å². The molecule has 0 aliphatic carbocycles. The number of para-hydroxylation sites is 1. The fourth-order valence-electron chi connectivity index (χ4n) is 1.74. The van der Waals surface area contributed by atoms with Gasteiger partial charge in [-0.25, -0.2) is 0 Å². The SMILES string of the molecule is CCCCC(CC)C(=O)Nc1ccccc1.[H-].[K+]. The number of hydrogen-bond donors (Lipinski definition) is 1. The minimum atomic E-state index is 0. The van der Waals surface area contributed by atoms with Gasteiger partial charge in [0.1, 0.15) is 0 Å². The third-order valence-corrected chi connectivity index (χ3v) is 2.81. The van der Waals surface area contributed by atoms with Gasteiger partial charge in [0.05, 0.1) is 0 Å². The molecular weight excluding hydrogens is 237 g/mol. The van der Waals surface area contributed by atoms with Crippen LogP contribution in [0.1, 0.15) is 41.0 Å². The summed E-state index contributed by atoms with van der Waals surface area (Å²) < 4.78 is 0. The predicted octanol–water partition coefficient (Wildman–Crippen LogP) is 0.958. The molecule has 0 fully saturated rings. The summed E-state index contributed by atoms with van der Waals surface area (Å²) in [5, 5.41) is 2.96. The summed E-state index contributed by atoms with van der Waals surface area (Å²) in [7, 11) is 0. The van der Waals surface area contributed by atoms with E-state index in [9.17, 15) is 4.79 Å². The first-order chi connectivity index (χ1) is 7.77. The summed E-state index contributed by atoms with van der Waals surface area (Å²) >= 11 is 0. The standard InChI is InChI=1S/C14H21NO.K.H/c1-3-5-9-12(4-2)14(16)15-13-10-7-6-8-11-13;;/h6-8,10-12H,3-5,9H2,1-2H3,(H,15,16);;/q;+1;-1. The van der Waals surface area contributed by atoms with Crippen LogP contribution in [0.4, 0.5) is 5.69 Å². The van der Waals surface area contributed by atoms with E-state index in [4.69, 9.17) is 0 Å². The smallest absolute Gasteiger partial charge is 1.00 e. The van der Waals surface area contributed by atoms with E-state index < -0.39 is 0 Å². The van der Waals surface area contributed by atoms with Crippen molar-refractivity contribution in [1.29, 1.82) is 0 Å². The summed E-state index contributed by atoms with van der Waals surface area (Å²) in [5.41, 5.74) is 0.891. The number of anilines is 1. The molecule has 1 aromatic rings. The van der Waals surface area contributed by atoms with Crippen LogP contribution in [0.2, 0.25) is 0 Å². The molecule has 0 aromatic heterocycles. The molecule has 1 unspecified atom stereocenters. The van der Waals surface area contributed by atoms with Crippen LogP contribution in [0.3, 0.4) is 0 Å². The Kier molecular flexibility index (Phi) is 10.5. The molecule has 0 spiro atoms. The zero-order valence-corrected chi connectivity index (χ0v) is 14.3. The molecule has 0 radical (unpaired) electrons. The number of nitrogens with one attached hydrogen (secondary N) is 1. The number of carbonyl (C=O) groups excluding carboxylic acids is 1. The van der Waals surface area contributed by atoms with Crippen molar-refractivity contribution < 1.29 is 57.6 Å². The van der Waals surface area contributed by atoms with Gasteiger partial charge in [0.25, 0.3) is 0 Å². The molecule has 0 aliphatic rings. The van der Waals surface area contributed by atoms with Crippen molar-refractivity contribution in [2.45, 2.75) is 39.5 Å². The van der Waals surface area contributed by atoms with Gasteiger partial charge >= 0.3 is 51.4 Å². The molecule has 1 amide bonds. The third-order valence-electron chi connectivity index (χ3n) is 2.81. The summed E-state index contributed by atoms with van der Waals surface area (Å²) in [5.74, 6) is 0.308. The number of rotatable bonds is 6. The van der Waals surface area contributed by atoms with Gasteiger partial charge in [0.2, 0.25) is 5.91 Å². The van der Waals surface area contributed by atoms with Crippen molar-refractivity contribution in [2.75, 3.05) is 5.32 Å². The maximum Gasteiger partial charge on any atom is 1.00 e. The van der Waals surface area contributed by atoms with E-state index in [1.165, 1.54) is 0 Å². The Morgan fingerprint density at radius 3 is 2.47 bits per heavy atom. The molecule has 0 aliphatic heterocycles. The summed E-state index contributed by atoms with van der Waals surface area (Å²) in [4.78, 5) is 11.9. The zero-order valence-electron chi connectivity index (χ0n) is 12.2. The van der Waals surface area contributed by atoms with E-state index in [0.29, 0.717) is 0 Å². The summed E-state index contributed by atoms with van der Waals surface area (Å²) in [6, 6.07) is 9.66. The van der Waals surface area contributed by atoms with Crippen LogP contribution in [-0.2, 0) is 4.79 Å². The number of amides is 1. The predicted molar refractivity (Wildman–Crippen MR) is 69.5 cm³/mol. The molecule has 90 valence electrons. The molecule has 0 saturated carbocycles. The second-order valence-corrected chi connectivity index (χ2v) is 4.10. The molecule has 2 nitrogen and oxygen atoms in total. The maximum atomic E-state index is 11.9. The zero-order chi connectivity index (χ0) is 11.8. The van der Waals surface area contributed by atoms with Crippen LogP contribution in [0.5, 0.6) is 0 Å². The molecule has 1 rings (SSSR count). The molecule has 0 bridgehead atoms. The van der Waals surface area contributed by atoms with E-state index in [0.717, 1.165) is 31.4 Å². The largest absolute Gasteiger partial charge is 1.00 e. The number of unbranched alkanes of at least 4 members (excludes halogenated alkanes) is 1. The van der Waals surface area contributed by atoms with E-state index >= 15 is 0 Å². The monoisotopic (exact) mass is 259 g/mol. The molecule has 1 aromatic carbocycles. The third kappa shape index (κ3) is 6.72. The van der Waals surface area contributed by atoms with Gasteiger partial charge in [-0.05, 0) is 25.0 Å². The molecule has 1 N–H and O–H groups in total. The van der Waals surface area contributed by atoms with Crippen molar-refractivity contribution >= 4 is 11.6 Å². The Bertz CT molecular complexity index is 319. The summed E-state index contributed by atoms with van der Waals surface area (Å²) in [6.07, 6.45) is 4.18. The molecule has 1 atom stereocenters. The molecule has 0 heterocycles. The van der Waals surface area contributed by atoms with Crippen molar-refractivity contribution in [3.63, 3.8) is 0 Å². The van der Waals surface area contributed by atoms with Crippen LogP contribution in [0.25, 0.3) is 0 Å². The van der Waals surface area contributed by atoms with E-state index in [1.54, 1.807) is 0 Å². The quantitative estimate of drug-likeness (QED) is 0.758. The fraction of sp³-hybridized carbons (Fsp3) is 0.500. The van der Waals surface area contributed by atoms with Crippen molar-refractivity contribution in [2.24, 2.45) is 5.92 Å². The Hall–Kier alpha value is 0.326. The van der Waals surface area contributed by atoms with Gasteiger partial charge in [-0.3, -0.25) is 4.79 Å². The van der Waals surface area contributed by atoms with Crippen LogP contribution in [0, 0.1) is 5.92 Å². The Balaban J connectivity index is 0. The molecule has 0 saturated heterocycles. The average molecular weight is 259 g/mol. The summed E-state index contributed by atoms with van der Waals surface area (Å²) in [6.45, 7) is 4.23. The van der Waals surface area contributed by atoms with Crippen LogP contribution < -0.4 is 56.7 Å². The normalized spacial score (nSPS) is 11.4. The molecular formula is C14H22KNO. The number of hydrogen-bond acceptors (Lipinski definition) is 1. The first-order valence-corrected chi connectivity index (χ1v) is 6.13. The van der Waals surface area contributed by atoms with Gasteiger partial charge in [-0.2, -0.15) is 0 Å². The van der Waals surface area contributed by atoms with Crippen molar-refractivity contribution in [3.8, 4) is 0 Å². The second-order valence-electron chi connectivity index (χ2n) is 4.10. The van der Waals surface area contributed by atoms with Crippen LogP contribution in [0.15, 0.2) is 30.3 Å². The Morgan fingerprint density at radius 2 is 1.94 bits per heavy atom. The van der Waals surface area contributed by atoms with Gasteiger partial charge in [0.15, 0.2) is 0 Å². The first-order valence-electron chi connectivity index (χ1n) is 6.13. The van der Waals surface area contributed by atoms with Crippen LogP contribution in [-0.4, -0.2) is 5.91 Å². The van der Waals surface area contributed by atoms with Gasteiger partial charge in [-0.1, -0.05) is 44.9 Å². The molecule has 17 heavy (non-hydrogen) atoms. The van der Waals surface area contributed by atoms with Gasteiger partial charge < -0.3 is 6.74 Å². The maximum absolute atomic E-state index is 11.9. The molecule has 3 heteroatoms. The Morgan fingerprint density at radius 1 is 1.29 bits per heavy atom. The van der Waals surface area contributed by atoms with E-state index in [-0.39, 0.29) is 64.6 Å². The first kappa shape index (κ1) is 17.3. The minimum absolute atomic E-state index is 0. The van der Waals surface area contributed by atoms with E-state index in [2.05, 4.69) is 19.2 Å². The average Bonchev–Trinajstić information content (AvgIpc) is 2.31. The number of benzene rings is 1. The second kappa shape index (κ2) is 10.3.